The Morgan fingerprint density at radius 2 is 0.969 bits per heavy atom. The van der Waals surface area contributed by atoms with Crippen LogP contribution >= 0.6 is 15.9 Å². The van der Waals surface area contributed by atoms with Crippen LogP contribution in [0.3, 0.4) is 0 Å². The molecule has 0 aromatic heterocycles. The van der Waals surface area contributed by atoms with Crippen molar-refractivity contribution in [2.45, 2.75) is 65.2 Å². The van der Waals surface area contributed by atoms with Gasteiger partial charge in [0.25, 0.3) is 0 Å². The number of phenolic OH excluding ortho intramolecular Hbond substituents is 3. The van der Waals surface area contributed by atoms with E-state index < -0.39 is 0 Å². The summed E-state index contributed by atoms with van der Waals surface area (Å²) in [5.41, 5.74) is 5.17. The molecular formula is C28H33BrO3. The standard InChI is InChI=1S/C28H33BrO3/c1-27(2,3)21-7-9-24(30)17(13-21)11-19-15-23(29)16-20(26(19)32)12-18-14-22(28(4,5)6)8-10-25(18)31/h7-10,13-16,30-32H,11-12H2,1-6H3. The number of rotatable bonds is 4. The van der Waals surface area contributed by atoms with E-state index in [9.17, 15) is 15.3 Å². The smallest absolute Gasteiger partial charge is 0.122 e. The lowest BCUT2D eigenvalue weighted by Crippen LogP contribution is -2.11. The van der Waals surface area contributed by atoms with Crippen LogP contribution in [0.2, 0.25) is 0 Å². The fraction of sp³-hybridized carbons (Fsp3) is 0.357. The van der Waals surface area contributed by atoms with Gasteiger partial charge in [0.05, 0.1) is 0 Å². The van der Waals surface area contributed by atoms with E-state index in [0.717, 1.165) is 37.9 Å². The third kappa shape index (κ3) is 5.47. The molecule has 3 aromatic carbocycles. The maximum atomic E-state index is 11.1. The monoisotopic (exact) mass is 496 g/mol. The SMILES string of the molecule is CC(C)(C)c1ccc(O)c(Cc2cc(Br)cc(Cc3cc(C(C)(C)C)ccc3O)c2O)c1. The molecule has 32 heavy (non-hydrogen) atoms. The van der Waals surface area contributed by atoms with Gasteiger partial charge in [-0.25, -0.2) is 0 Å². The highest BCUT2D eigenvalue weighted by Crippen LogP contribution is 2.36. The van der Waals surface area contributed by atoms with Crippen LogP contribution in [0.4, 0.5) is 0 Å². The van der Waals surface area contributed by atoms with E-state index in [-0.39, 0.29) is 28.1 Å². The molecule has 3 rings (SSSR count). The Kier molecular flexibility index (Phi) is 6.67. The summed E-state index contributed by atoms with van der Waals surface area (Å²) in [6, 6.07) is 15.1. The average Bonchev–Trinajstić information content (AvgIpc) is 2.67. The quantitative estimate of drug-likeness (QED) is 0.353. The van der Waals surface area contributed by atoms with Gasteiger partial charge in [0.15, 0.2) is 0 Å². The maximum absolute atomic E-state index is 11.1. The summed E-state index contributed by atoms with van der Waals surface area (Å²) in [5, 5.41) is 32.0. The predicted molar refractivity (Wildman–Crippen MR) is 135 cm³/mol. The van der Waals surface area contributed by atoms with E-state index in [1.54, 1.807) is 12.1 Å². The lowest BCUT2D eigenvalue weighted by molar-refractivity contribution is 0.456. The van der Waals surface area contributed by atoms with Gasteiger partial charge in [-0.1, -0.05) is 81.7 Å². The van der Waals surface area contributed by atoms with Crippen LogP contribution in [-0.4, -0.2) is 15.3 Å². The zero-order chi connectivity index (χ0) is 23.8. The summed E-state index contributed by atoms with van der Waals surface area (Å²) in [7, 11) is 0. The van der Waals surface area contributed by atoms with Gasteiger partial charge in [-0.15, -0.1) is 0 Å². The van der Waals surface area contributed by atoms with Crippen LogP contribution in [0.15, 0.2) is 53.0 Å². The van der Waals surface area contributed by atoms with Crippen molar-refractivity contribution in [2.24, 2.45) is 0 Å². The van der Waals surface area contributed by atoms with Gasteiger partial charge in [0, 0.05) is 17.3 Å². The molecule has 4 heteroatoms. The van der Waals surface area contributed by atoms with E-state index in [1.807, 2.05) is 36.4 Å². The highest BCUT2D eigenvalue weighted by molar-refractivity contribution is 9.10. The van der Waals surface area contributed by atoms with Crippen LogP contribution in [0.1, 0.15) is 74.9 Å². The molecule has 0 unspecified atom stereocenters. The molecule has 3 aromatic rings. The molecule has 0 fully saturated rings. The van der Waals surface area contributed by atoms with Crippen molar-refractivity contribution in [2.75, 3.05) is 0 Å². The molecule has 0 saturated heterocycles. The van der Waals surface area contributed by atoms with Crippen LogP contribution in [0.5, 0.6) is 17.2 Å². The molecule has 0 aliphatic rings. The first-order chi connectivity index (χ1) is 14.8. The molecule has 0 amide bonds. The van der Waals surface area contributed by atoms with Crippen LogP contribution in [0, 0.1) is 0 Å². The summed E-state index contributed by atoms with van der Waals surface area (Å²) < 4.78 is 0.846. The minimum Gasteiger partial charge on any atom is -0.508 e. The Labute approximate surface area is 199 Å². The second-order valence-electron chi connectivity index (χ2n) is 10.6. The highest BCUT2D eigenvalue weighted by Gasteiger charge is 2.19. The first-order valence-corrected chi connectivity index (χ1v) is 11.7. The topological polar surface area (TPSA) is 60.7 Å². The lowest BCUT2D eigenvalue weighted by atomic mass is 9.84. The Hall–Kier alpha value is -2.46. The molecule has 0 saturated carbocycles. The van der Waals surface area contributed by atoms with E-state index in [1.165, 1.54) is 0 Å². The number of hydrogen-bond acceptors (Lipinski definition) is 3. The van der Waals surface area contributed by atoms with E-state index >= 15 is 0 Å². The van der Waals surface area contributed by atoms with Crippen LogP contribution in [-0.2, 0) is 23.7 Å². The van der Waals surface area contributed by atoms with E-state index in [4.69, 9.17) is 0 Å². The fourth-order valence-electron chi connectivity index (χ4n) is 3.78. The summed E-state index contributed by atoms with van der Waals surface area (Å²) in [5.74, 6) is 0.623. The zero-order valence-corrected chi connectivity index (χ0v) is 21.3. The molecule has 0 radical (unpaired) electrons. The van der Waals surface area contributed by atoms with E-state index in [2.05, 4.69) is 57.5 Å². The van der Waals surface area contributed by atoms with Crippen molar-refractivity contribution in [1.82, 2.24) is 0 Å². The molecule has 0 aliphatic heterocycles. The van der Waals surface area contributed by atoms with Gasteiger partial charge in [-0.05, 0) is 68.5 Å². The lowest BCUT2D eigenvalue weighted by Gasteiger charge is -2.21. The Morgan fingerprint density at radius 3 is 1.31 bits per heavy atom. The van der Waals surface area contributed by atoms with Gasteiger partial charge in [0.1, 0.15) is 17.2 Å². The average molecular weight is 497 g/mol. The molecule has 3 nitrogen and oxygen atoms in total. The first-order valence-electron chi connectivity index (χ1n) is 10.9. The second kappa shape index (κ2) is 8.82. The van der Waals surface area contributed by atoms with Gasteiger partial charge in [-0.3, -0.25) is 0 Å². The summed E-state index contributed by atoms with van der Waals surface area (Å²) in [4.78, 5) is 0. The van der Waals surface area contributed by atoms with Crippen molar-refractivity contribution in [3.05, 3.63) is 86.4 Å². The molecule has 0 atom stereocenters. The first kappa shape index (κ1) is 24.2. The Morgan fingerprint density at radius 1 is 0.594 bits per heavy atom. The third-order valence-corrected chi connectivity index (χ3v) is 6.34. The maximum Gasteiger partial charge on any atom is 0.122 e. The third-order valence-electron chi connectivity index (χ3n) is 5.89. The molecule has 3 N–H and O–H groups in total. The van der Waals surface area contributed by atoms with Gasteiger partial charge in [0.2, 0.25) is 0 Å². The zero-order valence-electron chi connectivity index (χ0n) is 19.8. The second-order valence-corrected chi connectivity index (χ2v) is 11.5. The predicted octanol–water partition coefficient (Wildman–Crippen LogP) is 7.34. The van der Waals surface area contributed by atoms with Gasteiger partial charge < -0.3 is 15.3 Å². The molecule has 0 spiro atoms. The normalized spacial score (nSPS) is 12.2. The minimum absolute atomic E-state index is 0.0392. The molecule has 0 bridgehead atoms. The van der Waals surface area contributed by atoms with Gasteiger partial charge in [-0.2, -0.15) is 0 Å². The fourth-order valence-corrected chi connectivity index (χ4v) is 4.34. The number of hydrogen-bond donors (Lipinski definition) is 3. The molecule has 0 heterocycles. The number of aromatic hydroxyl groups is 3. The Balaban J connectivity index is 1.99. The molecular weight excluding hydrogens is 464 g/mol. The van der Waals surface area contributed by atoms with E-state index in [0.29, 0.717) is 12.8 Å². The van der Waals surface area contributed by atoms with Crippen LogP contribution in [0.25, 0.3) is 0 Å². The van der Waals surface area contributed by atoms with Crippen molar-refractivity contribution in [1.29, 1.82) is 0 Å². The van der Waals surface area contributed by atoms with Gasteiger partial charge >= 0.3 is 0 Å². The minimum atomic E-state index is -0.0392. The van der Waals surface area contributed by atoms with Crippen LogP contribution < -0.4 is 0 Å². The van der Waals surface area contributed by atoms with Crippen molar-refractivity contribution >= 4 is 15.9 Å². The largest absolute Gasteiger partial charge is 0.508 e. The van der Waals surface area contributed by atoms with Crippen molar-refractivity contribution < 1.29 is 15.3 Å². The number of benzene rings is 3. The molecule has 170 valence electrons. The summed E-state index contributed by atoms with van der Waals surface area (Å²) in [6.07, 6.45) is 0.810. The van der Waals surface area contributed by atoms with Crippen molar-refractivity contribution in [3.63, 3.8) is 0 Å². The van der Waals surface area contributed by atoms with Crippen molar-refractivity contribution in [3.8, 4) is 17.2 Å². The summed E-state index contributed by atoms with van der Waals surface area (Å²) >= 11 is 3.57. The Bertz CT molecular complexity index is 1050. The number of phenols is 3. The molecule has 0 aliphatic carbocycles. The number of halogens is 1. The summed E-state index contributed by atoms with van der Waals surface area (Å²) in [6.45, 7) is 12.8. The highest BCUT2D eigenvalue weighted by atomic mass is 79.9.